The molecule has 4 heteroatoms. The molecule has 11 heavy (non-hydrogen) atoms. The van der Waals surface area contributed by atoms with Gasteiger partial charge in [-0.3, -0.25) is 0 Å². The van der Waals surface area contributed by atoms with E-state index in [0.717, 1.165) is 5.56 Å². The van der Waals surface area contributed by atoms with Gasteiger partial charge in [-0.15, -0.1) is 0 Å². The number of hydrogen-bond acceptors (Lipinski definition) is 2. The normalized spacial score (nSPS) is 10.0. The second-order valence-corrected chi connectivity index (χ2v) is 2.79. The molecular formula is C7H8Cl2N2. The average molecular weight is 191 g/mol. The second-order valence-electron chi connectivity index (χ2n) is 2.12. The molecule has 0 bridgehead atoms. The van der Waals surface area contributed by atoms with Crippen LogP contribution < -0.4 is 10.6 Å². The Morgan fingerprint density at radius 3 is 2.73 bits per heavy atom. The van der Waals surface area contributed by atoms with E-state index in [2.05, 4.69) is 4.84 Å². The molecule has 0 amide bonds. The van der Waals surface area contributed by atoms with Crippen molar-refractivity contribution < 1.29 is 0 Å². The fourth-order valence-corrected chi connectivity index (χ4v) is 1.21. The predicted octanol–water partition coefficient (Wildman–Crippen LogP) is 2.17. The largest absolute Gasteiger partial charge is 0.398 e. The van der Waals surface area contributed by atoms with Crippen LogP contribution in [0.4, 0.5) is 5.69 Å². The van der Waals surface area contributed by atoms with E-state index in [1.165, 1.54) is 0 Å². The van der Waals surface area contributed by atoms with Gasteiger partial charge in [0, 0.05) is 22.8 Å². The second kappa shape index (κ2) is 3.81. The minimum absolute atomic E-state index is 0.479. The third kappa shape index (κ3) is 1.99. The zero-order valence-electron chi connectivity index (χ0n) is 5.77. The molecule has 0 spiro atoms. The van der Waals surface area contributed by atoms with Gasteiger partial charge < -0.3 is 5.73 Å². The van der Waals surface area contributed by atoms with Crippen molar-refractivity contribution in [2.45, 2.75) is 6.54 Å². The summed E-state index contributed by atoms with van der Waals surface area (Å²) >= 11 is 11.1. The Balaban J connectivity index is 3.00. The number of rotatable bonds is 2. The Morgan fingerprint density at radius 2 is 2.18 bits per heavy atom. The van der Waals surface area contributed by atoms with Gasteiger partial charge in [0.25, 0.3) is 0 Å². The first-order chi connectivity index (χ1) is 5.25. The Labute approximate surface area is 75.4 Å². The summed E-state index contributed by atoms with van der Waals surface area (Å²) in [7, 11) is 0. The van der Waals surface area contributed by atoms with Crippen molar-refractivity contribution in [2.75, 3.05) is 5.73 Å². The van der Waals surface area contributed by atoms with Crippen molar-refractivity contribution >= 4 is 29.1 Å². The summed E-state index contributed by atoms with van der Waals surface area (Å²) in [6.45, 7) is 0.479. The van der Waals surface area contributed by atoms with E-state index in [4.69, 9.17) is 29.1 Å². The molecule has 0 saturated heterocycles. The molecule has 0 aliphatic rings. The SMILES string of the molecule is Nc1cccc(Cl)c1CNCl. The van der Waals surface area contributed by atoms with Crippen molar-refractivity contribution in [3.05, 3.63) is 28.8 Å². The molecule has 0 unspecified atom stereocenters. The number of anilines is 1. The molecule has 0 atom stereocenters. The highest BCUT2D eigenvalue weighted by atomic mass is 35.5. The number of halogens is 2. The van der Waals surface area contributed by atoms with Crippen molar-refractivity contribution in [2.24, 2.45) is 0 Å². The van der Waals surface area contributed by atoms with E-state index in [0.29, 0.717) is 17.3 Å². The highest BCUT2D eigenvalue weighted by Gasteiger charge is 2.01. The van der Waals surface area contributed by atoms with Gasteiger partial charge in [-0.25, -0.2) is 4.84 Å². The lowest BCUT2D eigenvalue weighted by atomic mass is 10.2. The van der Waals surface area contributed by atoms with Crippen molar-refractivity contribution in [1.29, 1.82) is 0 Å². The zero-order chi connectivity index (χ0) is 8.27. The van der Waals surface area contributed by atoms with Crippen molar-refractivity contribution in [1.82, 2.24) is 4.84 Å². The molecule has 0 aliphatic heterocycles. The lowest BCUT2D eigenvalue weighted by molar-refractivity contribution is 0.967. The highest BCUT2D eigenvalue weighted by molar-refractivity contribution is 6.31. The predicted molar refractivity (Wildman–Crippen MR) is 48.6 cm³/mol. The van der Waals surface area contributed by atoms with Gasteiger partial charge in [0.2, 0.25) is 0 Å². The first-order valence-corrected chi connectivity index (χ1v) is 3.87. The van der Waals surface area contributed by atoms with Gasteiger partial charge in [0.15, 0.2) is 0 Å². The van der Waals surface area contributed by atoms with E-state index < -0.39 is 0 Å². The maximum Gasteiger partial charge on any atom is 0.0472 e. The molecule has 3 N–H and O–H groups in total. The maximum absolute atomic E-state index is 5.83. The van der Waals surface area contributed by atoms with E-state index in [1.54, 1.807) is 18.2 Å². The molecule has 60 valence electrons. The maximum atomic E-state index is 5.83. The minimum Gasteiger partial charge on any atom is -0.398 e. The number of hydrogen-bond donors (Lipinski definition) is 2. The fraction of sp³-hybridized carbons (Fsp3) is 0.143. The lowest BCUT2D eigenvalue weighted by Crippen LogP contribution is -2.03. The topological polar surface area (TPSA) is 38.0 Å². The van der Waals surface area contributed by atoms with Crippen LogP contribution >= 0.6 is 23.4 Å². The van der Waals surface area contributed by atoms with Crippen molar-refractivity contribution in [3.63, 3.8) is 0 Å². The van der Waals surface area contributed by atoms with E-state index in [-0.39, 0.29) is 0 Å². The van der Waals surface area contributed by atoms with Crippen LogP contribution in [-0.4, -0.2) is 0 Å². The third-order valence-corrected chi connectivity index (χ3v) is 1.89. The summed E-state index contributed by atoms with van der Waals surface area (Å²) in [4.78, 5) is 2.47. The van der Waals surface area contributed by atoms with Gasteiger partial charge in [0.1, 0.15) is 0 Å². The van der Waals surface area contributed by atoms with Crippen LogP contribution in [0.15, 0.2) is 18.2 Å². The summed E-state index contributed by atoms with van der Waals surface area (Å²) in [5, 5.41) is 0.637. The Hall–Kier alpha value is -0.440. The molecule has 1 rings (SSSR count). The van der Waals surface area contributed by atoms with Crippen molar-refractivity contribution in [3.8, 4) is 0 Å². The van der Waals surface area contributed by atoms with E-state index in [9.17, 15) is 0 Å². The number of nitrogens with one attached hydrogen (secondary N) is 1. The molecule has 0 aromatic heterocycles. The number of nitrogens with two attached hydrogens (primary N) is 1. The summed E-state index contributed by atoms with van der Waals surface area (Å²) in [5.74, 6) is 0. The van der Waals surface area contributed by atoms with Crippen LogP contribution in [-0.2, 0) is 6.54 Å². The average Bonchev–Trinajstić information content (AvgIpc) is 1.97. The van der Waals surface area contributed by atoms with Gasteiger partial charge in [-0.1, -0.05) is 17.7 Å². The van der Waals surface area contributed by atoms with E-state index >= 15 is 0 Å². The first-order valence-electron chi connectivity index (χ1n) is 3.12. The summed E-state index contributed by atoms with van der Waals surface area (Å²) < 4.78 is 0. The van der Waals surface area contributed by atoms with Crippen LogP contribution in [0.2, 0.25) is 5.02 Å². The van der Waals surface area contributed by atoms with Gasteiger partial charge in [-0.2, -0.15) is 0 Å². The standard InChI is InChI=1S/C7H8Cl2N2/c8-6-2-1-3-7(10)5(6)4-11-9/h1-3,11H,4,10H2. The smallest absolute Gasteiger partial charge is 0.0472 e. The number of nitrogen functional groups attached to an aromatic ring is 1. The molecule has 0 radical (unpaired) electrons. The van der Waals surface area contributed by atoms with Crippen LogP contribution in [0.1, 0.15) is 5.56 Å². The molecule has 0 heterocycles. The minimum atomic E-state index is 0.479. The quantitative estimate of drug-likeness (QED) is 0.555. The van der Waals surface area contributed by atoms with Crippen LogP contribution in [0.3, 0.4) is 0 Å². The molecule has 1 aromatic rings. The highest BCUT2D eigenvalue weighted by Crippen LogP contribution is 2.21. The fourth-order valence-electron chi connectivity index (χ4n) is 0.829. The Bertz CT molecular complexity index is 230. The Morgan fingerprint density at radius 1 is 1.45 bits per heavy atom. The van der Waals surface area contributed by atoms with Crippen LogP contribution in [0.25, 0.3) is 0 Å². The van der Waals surface area contributed by atoms with E-state index in [1.807, 2.05) is 0 Å². The van der Waals surface area contributed by atoms with Crippen LogP contribution in [0, 0.1) is 0 Å². The first kappa shape index (κ1) is 8.65. The summed E-state index contributed by atoms with van der Waals surface area (Å²) in [6.07, 6.45) is 0. The molecule has 0 aliphatic carbocycles. The lowest BCUT2D eigenvalue weighted by Gasteiger charge is -2.04. The van der Waals surface area contributed by atoms with Gasteiger partial charge in [0.05, 0.1) is 0 Å². The molecule has 1 aromatic carbocycles. The molecule has 0 fully saturated rings. The monoisotopic (exact) mass is 190 g/mol. The van der Waals surface area contributed by atoms with Crippen LogP contribution in [0.5, 0.6) is 0 Å². The summed E-state index contributed by atoms with van der Waals surface area (Å²) in [5.41, 5.74) is 7.12. The zero-order valence-corrected chi connectivity index (χ0v) is 7.28. The molecule has 0 saturated carbocycles. The Kier molecular flexibility index (Phi) is 3.00. The molecule has 2 nitrogen and oxygen atoms in total. The van der Waals surface area contributed by atoms with Gasteiger partial charge >= 0.3 is 0 Å². The van der Waals surface area contributed by atoms with Gasteiger partial charge in [-0.05, 0) is 23.9 Å². The summed E-state index contributed by atoms with van der Waals surface area (Å²) in [6, 6.07) is 5.37. The molecular weight excluding hydrogens is 183 g/mol. The third-order valence-electron chi connectivity index (χ3n) is 1.40. The number of benzene rings is 1.